The van der Waals surface area contributed by atoms with Gasteiger partial charge >= 0.3 is 28.9 Å². The molecule has 0 aliphatic rings. The molecule has 6 heteroatoms. The quantitative estimate of drug-likeness (QED) is 0.434. The Labute approximate surface area is 115 Å². The number of hydrogen-bond acceptors (Lipinski definition) is 4. The summed E-state index contributed by atoms with van der Waals surface area (Å²) in [5, 5.41) is 6.14. The second-order valence-electron chi connectivity index (χ2n) is 3.75. The smallest absolute Gasteiger partial charge is 0.0616 e. The summed E-state index contributed by atoms with van der Waals surface area (Å²) in [7, 11) is -4.19. The van der Waals surface area contributed by atoms with Crippen molar-refractivity contribution in [1.29, 1.82) is 0 Å². The van der Waals surface area contributed by atoms with Crippen LogP contribution in [0.2, 0.25) is 0 Å². The third kappa shape index (κ3) is 4.07. The molecule has 1 heterocycles. The second kappa shape index (κ2) is 5.75. The molecule has 4 nitrogen and oxygen atoms in total. The molecule has 0 spiro atoms. The molecule has 0 unspecified atom stereocenters. The van der Waals surface area contributed by atoms with E-state index in [0.29, 0.717) is 0 Å². The first-order valence-electron chi connectivity index (χ1n) is 5.29. The van der Waals surface area contributed by atoms with Gasteiger partial charge in [-0.1, -0.05) is 24.3 Å². The summed E-state index contributed by atoms with van der Waals surface area (Å²) in [5.74, 6) is 0. The molecular formula is C13H12ClO4S+. The predicted octanol–water partition coefficient (Wildman–Crippen LogP) is 1.48. The normalized spacial score (nSPS) is 12.0. The average molecular weight is 300 g/mol. The summed E-state index contributed by atoms with van der Waals surface area (Å²) in [6.45, 7) is 0. The van der Waals surface area contributed by atoms with Crippen molar-refractivity contribution in [2.75, 3.05) is 0 Å². The maximum absolute atomic E-state index is 8.83. The van der Waals surface area contributed by atoms with Gasteiger partial charge in [0.15, 0.2) is 5.38 Å². The van der Waals surface area contributed by atoms with Gasteiger partial charge in [0.2, 0.25) is 16.0 Å². The molecule has 100 valence electrons. The average Bonchev–Trinajstić information content (AvgIpc) is 2.37. The minimum absolute atomic E-state index is 1.32. The molecule has 0 atom stereocenters. The van der Waals surface area contributed by atoms with E-state index in [-0.39, 0.29) is 0 Å². The van der Waals surface area contributed by atoms with E-state index in [1.807, 2.05) is 0 Å². The minimum atomic E-state index is -4.19. The molecule has 3 aromatic rings. The van der Waals surface area contributed by atoms with Crippen LogP contribution in [0.25, 0.3) is 20.9 Å². The van der Waals surface area contributed by atoms with Gasteiger partial charge in [-0.3, -0.25) is 0 Å². The zero-order valence-electron chi connectivity index (χ0n) is 9.73. The van der Waals surface area contributed by atoms with E-state index in [1.165, 1.54) is 20.9 Å². The molecule has 0 saturated carbocycles. The topological polar surface area (TPSA) is 83.8 Å². The Balaban J connectivity index is 0.000000232. The second-order valence-corrected chi connectivity index (χ2v) is 5.54. The third-order valence-corrected chi connectivity index (χ3v) is 3.43. The summed E-state index contributed by atoms with van der Waals surface area (Å²) in [5.41, 5.74) is 0. The van der Waals surface area contributed by atoms with Gasteiger partial charge in [-0.25, -0.2) is 0 Å². The Kier molecular flexibility index (Phi) is 4.26. The van der Waals surface area contributed by atoms with Crippen LogP contribution in [-0.4, -0.2) is 14.0 Å². The maximum Gasteiger partial charge on any atom is 0.245 e. The largest absolute Gasteiger partial charge is 0.245 e. The zero-order chi connectivity index (χ0) is 13.9. The van der Waals surface area contributed by atoms with Gasteiger partial charge in [0.05, 0.1) is 0 Å². The van der Waals surface area contributed by atoms with E-state index >= 15 is 0 Å². The maximum atomic E-state index is 8.83. The molecule has 0 bridgehead atoms. The zero-order valence-corrected chi connectivity index (χ0v) is 11.3. The standard InChI is InChI=1S/C13H9S.ClH3O4/c1-2-6-12-10(4-1)7-8-11-5-3-9-14-13(11)12;2-1(3,4)5/h1-9H;2-4H/q+1;. The van der Waals surface area contributed by atoms with E-state index in [9.17, 15) is 0 Å². The Morgan fingerprint density at radius 2 is 1.42 bits per heavy atom. The molecule has 3 rings (SSSR count). The minimum Gasteiger partial charge on any atom is -0.0616 e. The molecule has 0 saturated heterocycles. The number of rotatable bonds is 0. The van der Waals surface area contributed by atoms with E-state index in [1.54, 1.807) is 11.3 Å². The number of hydrogen-bond donors (Lipinski definition) is 3. The van der Waals surface area contributed by atoms with Crippen molar-refractivity contribution in [3.63, 3.8) is 0 Å². The summed E-state index contributed by atoms with van der Waals surface area (Å²) in [6, 6.07) is 17.2. The first-order valence-corrected chi connectivity index (χ1v) is 7.50. The van der Waals surface area contributed by atoms with Crippen LogP contribution in [0.4, 0.5) is 0 Å². The Bertz CT molecular complexity index is 636. The molecular weight excluding hydrogens is 288 g/mol. The molecule has 0 aliphatic heterocycles. The SMILES string of the molecule is [O-][Cl+](O)(O)O.c1ccc2c(c1)ccc1ccc[s+]c12. The van der Waals surface area contributed by atoms with Gasteiger partial charge < -0.3 is 0 Å². The van der Waals surface area contributed by atoms with E-state index in [0.717, 1.165) is 0 Å². The van der Waals surface area contributed by atoms with Crippen molar-refractivity contribution in [1.82, 2.24) is 0 Å². The fourth-order valence-corrected chi connectivity index (χ4v) is 2.65. The van der Waals surface area contributed by atoms with Crippen LogP contribution in [0.15, 0.2) is 53.9 Å². The van der Waals surface area contributed by atoms with Crippen LogP contribution in [0.3, 0.4) is 0 Å². The fraction of sp³-hybridized carbons (Fsp3) is 0. The Morgan fingerprint density at radius 1 is 0.842 bits per heavy atom. The van der Waals surface area contributed by atoms with E-state index in [2.05, 4.69) is 53.9 Å². The first-order chi connectivity index (χ1) is 8.95. The van der Waals surface area contributed by atoms with Crippen molar-refractivity contribution in [3.8, 4) is 0 Å². The van der Waals surface area contributed by atoms with Crippen LogP contribution < -0.4 is 4.66 Å². The van der Waals surface area contributed by atoms with E-state index < -0.39 is 10.2 Å². The van der Waals surface area contributed by atoms with Crippen molar-refractivity contribution in [3.05, 3.63) is 53.9 Å². The summed E-state index contributed by atoms with van der Waals surface area (Å²) in [4.78, 5) is 0. The van der Waals surface area contributed by atoms with Crippen molar-refractivity contribution >= 4 is 32.2 Å². The van der Waals surface area contributed by atoms with Crippen LogP contribution in [-0.2, 0) is 0 Å². The fourth-order valence-electron chi connectivity index (χ4n) is 1.77. The molecule has 2 aromatic carbocycles. The van der Waals surface area contributed by atoms with Crippen LogP contribution in [0.1, 0.15) is 0 Å². The predicted molar refractivity (Wildman–Crippen MR) is 70.4 cm³/mol. The summed E-state index contributed by atoms with van der Waals surface area (Å²) in [6.07, 6.45) is 0. The van der Waals surface area contributed by atoms with Crippen molar-refractivity contribution < 1.29 is 28.9 Å². The molecule has 0 fully saturated rings. The Morgan fingerprint density at radius 3 is 2.16 bits per heavy atom. The van der Waals surface area contributed by atoms with Gasteiger partial charge in [-0.15, -0.1) is 0 Å². The van der Waals surface area contributed by atoms with Gasteiger partial charge in [0.1, 0.15) is 0 Å². The van der Waals surface area contributed by atoms with Crippen LogP contribution in [0, 0.1) is 10.2 Å². The van der Waals surface area contributed by atoms with Gasteiger partial charge in [-0.05, 0) is 29.7 Å². The molecule has 3 N–H and O–H groups in total. The molecule has 0 radical (unpaired) electrons. The molecule has 1 aromatic heterocycles. The first kappa shape index (κ1) is 14.1. The monoisotopic (exact) mass is 299 g/mol. The van der Waals surface area contributed by atoms with Crippen LogP contribution in [0.5, 0.6) is 0 Å². The molecule has 0 aliphatic carbocycles. The number of fused-ring (bicyclic) bond motifs is 3. The van der Waals surface area contributed by atoms with Gasteiger partial charge in [0, 0.05) is 10.8 Å². The van der Waals surface area contributed by atoms with E-state index in [4.69, 9.17) is 18.6 Å². The van der Waals surface area contributed by atoms with Gasteiger partial charge in [-0.2, -0.15) is 0 Å². The molecule has 0 amide bonds. The number of benzene rings is 2. The Hall–Kier alpha value is -1.34. The number of halogens is 1. The van der Waals surface area contributed by atoms with Crippen LogP contribution >= 0.6 is 11.3 Å². The third-order valence-electron chi connectivity index (χ3n) is 2.45. The van der Waals surface area contributed by atoms with Crippen molar-refractivity contribution in [2.24, 2.45) is 0 Å². The van der Waals surface area contributed by atoms with Gasteiger partial charge in [0.25, 0.3) is 0 Å². The molecule has 19 heavy (non-hydrogen) atoms. The van der Waals surface area contributed by atoms with Crippen molar-refractivity contribution in [2.45, 2.75) is 0 Å². The summed E-state index contributed by atoms with van der Waals surface area (Å²) >= 11 is 1.81. The summed E-state index contributed by atoms with van der Waals surface area (Å²) < 4.78 is 31.6.